The van der Waals surface area contributed by atoms with Gasteiger partial charge < -0.3 is 9.64 Å². The molecule has 1 N–H and O–H groups in total. The molecule has 1 fully saturated rings. The quantitative estimate of drug-likeness (QED) is 0.739. The molecule has 0 bridgehead atoms. The minimum Gasteiger partial charge on any atom is -0.495 e. The van der Waals surface area contributed by atoms with Crippen molar-refractivity contribution >= 4 is 5.91 Å². The van der Waals surface area contributed by atoms with E-state index in [9.17, 15) is 9.59 Å². The third-order valence-electron chi connectivity index (χ3n) is 5.07. The molecule has 1 unspecified atom stereocenters. The molecule has 1 aromatic heterocycles. The molecule has 3 aromatic rings. The van der Waals surface area contributed by atoms with E-state index in [0.29, 0.717) is 36.8 Å². The number of hydrogen-bond donors (Lipinski definition) is 1. The van der Waals surface area contributed by atoms with Gasteiger partial charge >= 0.3 is 5.69 Å². The van der Waals surface area contributed by atoms with Crippen molar-refractivity contribution in [1.82, 2.24) is 19.7 Å². The van der Waals surface area contributed by atoms with Gasteiger partial charge in [0.1, 0.15) is 11.6 Å². The monoisotopic (exact) mass is 378 g/mol. The molecular formula is C21H22N4O3. The smallest absolute Gasteiger partial charge is 0.348 e. The molecule has 144 valence electrons. The first kappa shape index (κ1) is 18.0. The lowest BCUT2D eigenvalue weighted by Crippen LogP contribution is -2.25. The summed E-state index contributed by atoms with van der Waals surface area (Å²) >= 11 is 0. The molecule has 7 nitrogen and oxygen atoms in total. The molecule has 4 rings (SSSR count). The van der Waals surface area contributed by atoms with Crippen LogP contribution in [0, 0.1) is 6.92 Å². The Labute approximate surface area is 162 Å². The van der Waals surface area contributed by atoms with Gasteiger partial charge in [0.05, 0.1) is 12.8 Å². The Morgan fingerprint density at radius 3 is 2.71 bits per heavy atom. The third-order valence-corrected chi connectivity index (χ3v) is 5.07. The number of hydrogen-bond acceptors (Lipinski definition) is 4. The van der Waals surface area contributed by atoms with Crippen LogP contribution in [-0.4, -0.2) is 39.2 Å². The lowest BCUT2D eigenvalue weighted by molar-refractivity contribution is -0.128. The second-order valence-corrected chi connectivity index (χ2v) is 7.06. The highest BCUT2D eigenvalue weighted by Crippen LogP contribution is 2.31. The number of ether oxygens (including phenoxy) is 1. The number of methoxy groups -OCH3 is 1. The Hall–Kier alpha value is -3.35. The standard InChI is InChI=1S/C21H22N4O3/c1-14-8-9-18(28-2)17(10-14)25-20(22-23-21(25)27)16-11-19(26)24(13-16)12-15-6-4-3-5-7-15/h3-10,16H,11-13H2,1-2H3,(H,23,27). The summed E-state index contributed by atoms with van der Waals surface area (Å²) in [7, 11) is 1.57. The van der Waals surface area contributed by atoms with Gasteiger partial charge in [0.15, 0.2) is 0 Å². The van der Waals surface area contributed by atoms with Crippen molar-refractivity contribution in [2.75, 3.05) is 13.7 Å². The number of carbonyl (C=O) groups is 1. The number of benzene rings is 2. The lowest BCUT2D eigenvalue weighted by Gasteiger charge is -2.17. The zero-order valence-corrected chi connectivity index (χ0v) is 15.9. The molecule has 0 aliphatic carbocycles. The fourth-order valence-electron chi connectivity index (χ4n) is 3.69. The number of nitrogens with zero attached hydrogens (tertiary/aromatic N) is 3. The fraction of sp³-hybridized carbons (Fsp3) is 0.286. The van der Waals surface area contributed by atoms with Crippen LogP contribution in [0.3, 0.4) is 0 Å². The number of rotatable bonds is 5. The molecule has 1 atom stereocenters. The zero-order valence-electron chi connectivity index (χ0n) is 15.9. The Kier molecular flexibility index (Phi) is 4.73. The number of aryl methyl sites for hydroxylation is 1. The Morgan fingerprint density at radius 2 is 1.96 bits per heavy atom. The Balaban J connectivity index is 1.66. The summed E-state index contributed by atoms with van der Waals surface area (Å²) < 4.78 is 6.96. The van der Waals surface area contributed by atoms with E-state index in [0.717, 1.165) is 11.1 Å². The van der Waals surface area contributed by atoms with Gasteiger partial charge in [-0.05, 0) is 30.2 Å². The van der Waals surface area contributed by atoms with Gasteiger partial charge in [0.25, 0.3) is 0 Å². The highest BCUT2D eigenvalue weighted by Gasteiger charge is 2.34. The van der Waals surface area contributed by atoms with E-state index in [1.807, 2.05) is 60.4 Å². The van der Waals surface area contributed by atoms with Gasteiger partial charge in [-0.1, -0.05) is 36.4 Å². The molecule has 0 saturated carbocycles. The molecule has 1 amide bonds. The van der Waals surface area contributed by atoms with Crippen LogP contribution >= 0.6 is 0 Å². The van der Waals surface area contributed by atoms with Crippen LogP contribution in [0.2, 0.25) is 0 Å². The number of carbonyl (C=O) groups excluding carboxylic acids is 1. The van der Waals surface area contributed by atoms with Crippen LogP contribution < -0.4 is 10.4 Å². The van der Waals surface area contributed by atoms with Crippen molar-refractivity contribution in [3.05, 3.63) is 76.0 Å². The normalized spacial score (nSPS) is 16.6. The van der Waals surface area contributed by atoms with Crippen molar-refractivity contribution in [1.29, 1.82) is 0 Å². The van der Waals surface area contributed by atoms with Gasteiger partial charge in [0, 0.05) is 25.4 Å². The van der Waals surface area contributed by atoms with E-state index in [1.54, 1.807) is 7.11 Å². The van der Waals surface area contributed by atoms with Crippen molar-refractivity contribution in [2.24, 2.45) is 0 Å². The summed E-state index contributed by atoms with van der Waals surface area (Å²) in [4.78, 5) is 26.9. The zero-order chi connectivity index (χ0) is 19.7. The first-order valence-electron chi connectivity index (χ1n) is 9.21. The predicted molar refractivity (Wildman–Crippen MR) is 105 cm³/mol. The van der Waals surface area contributed by atoms with Crippen molar-refractivity contribution in [2.45, 2.75) is 25.8 Å². The molecule has 1 aliphatic heterocycles. The average molecular weight is 378 g/mol. The minimum atomic E-state index is -0.340. The fourth-order valence-corrected chi connectivity index (χ4v) is 3.69. The molecule has 1 aliphatic rings. The molecule has 1 saturated heterocycles. The third kappa shape index (κ3) is 3.31. The van der Waals surface area contributed by atoms with Gasteiger partial charge in [0.2, 0.25) is 5.91 Å². The molecular weight excluding hydrogens is 356 g/mol. The summed E-state index contributed by atoms with van der Waals surface area (Å²) in [6.45, 7) is 3.03. The second kappa shape index (κ2) is 7.34. The van der Waals surface area contributed by atoms with Crippen LogP contribution in [-0.2, 0) is 11.3 Å². The largest absolute Gasteiger partial charge is 0.495 e. The number of nitrogens with one attached hydrogen (secondary N) is 1. The van der Waals surface area contributed by atoms with E-state index in [1.165, 1.54) is 4.57 Å². The number of H-pyrrole nitrogens is 1. The maximum Gasteiger partial charge on any atom is 0.348 e. The first-order valence-corrected chi connectivity index (χ1v) is 9.21. The van der Waals surface area contributed by atoms with Crippen LogP contribution in [0.15, 0.2) is 53.3 Å². The van der Waals surface area contributed by atoms with Crippen molar-refractivity contribution in [3.63, 3.8) is 0 Å². The van der Waals surface area contributed by atoms with E-state index < -0.39 is 0 Å². The summed E-state index contributed by atoms with van der Waals surface area (Å²) in [5, 5.41) is 6.78. The average Bonchev–Trinajstić information content (AvgIpc) is 3.25. The summed E-state index contributed by atoms with van der Waals surface area (Å²) in [6.07, 6.45) is 0.325. The van der Waals surface area contributed by atoms with E-state index in [2.05, 4.69) is 10.2 Å². The highest BCUT2D eigenvalue weighted by atomic mass is 16.5. The highest BCUT2D eigenvalue weighted by molar-refractivity contribution is 5.79. The molecule has 0 spiro atoms. The molecule has 0 radical (unpaired) electrons. The SMILES string of the molecule is COc1ccc(C)cc1-n1c(C2CC(=O)N(Cc3ccccc3)C2)n[nH]c1=O. The number of aromatic amines is 1. The van der Waals surface area contributed by atoms with Crippen LogP contribution in [0.4, 0.5) is 0 Å². The summed E-state index contributed by atoms with van der Waals surface area (Å²) in [6, 6.07) is 15.5. The number of aromatic nitrogens is 3. The van der Waals surface area contributed by atoms with E-state index in [-0.39, 0.29) is 17.5 Å². The molecule has 7 heteroatoms. The maximum atomic E-state index is 12.6. The summed E-state index contributed by atoms with van der Waals surface area (Å²) in [5.74, 6) is 1.03. The van der Waals surface area contributed by atoms with Gasteiger partial charge in [-0.25, -0.2) is 14.5 Å². The Bertz CT molecular complexity index is 1060. The summed E-state index contributed by atoms with van der Waals surface area (Å²) in [5.41, 5.74) is 2.37. The van der Waals surface area contributed by atoms with E-state index in [4.69, 9.17) is 4.74 Å². The van der Waals surface area contributed by atoms with Gasteiger partial charge in [-0.15, -0.1) is 0 Å². The van der Waals surface area contributed by atoms with Crippen LogP contribution in [0.25, 0.3) is 5.69 Å². The minimum absolute atomic E-state index is 0.0621. The number of likely N-dealkylation sites (tertiary alicyclic amines) is 1. The topological polar surface area (TPSA) is 80.2 Å². The van der Waals surface area contributed by atoms with E-state index >= 15 is 0 Å². The number of amides is 1. The van der Waals surface area contributed by atoms with Gasteiger partial charge in [-0.2, -0.15) is 5.10 Å². The molecule has 2 aromatic carbocycles. The van der Waals surface area contributed by atoms with Crippen LogP contribution in [0.5, 0.6) is 5.75 Å². The second-order valence-electron chi connectivity index (χ2n) is 7.06. The molecule has 2 heterocycles. The maximum absolute atomic E-state index is 12.6. The van der Waals surface area contributed by atoms with Crippen molar-refractivity contribution < 1.29 is 9.53 Å². The first-order chi connectivity index (χ1) is 13.6. The van der Waals surface area contributed by atoms with Gasteiger partial charge in [-0.3, -0.25) is 4.79 Å². The Morgan fingerprint density at radius 1 is 1.18 bits per heavy atom. The predicted octanol–water partition coefficient (Wildman–Crippen LogP) is 2.39. The van der Waals surface area contributed by atoms with Crippen LogP contribution in [0.1, 0.15) is 29.3 Å². The van der Waals surface area contributed by atoms with Crippen molar-refractivity contribution in [3.8, 4) is 11.4 Å². The molecule has 28 heavy (non-hydrogen) atoms. The lowest BCUT2D eigenvalue weighted by atomic mass is 10.1.